The van der Waals surface area contributed by atoms with Gasteiger partial charge in [-0.3, -0.25) is 4.79 Å². The Morgan fingerprint density at radius 3 is 2.59 bits per heavy atom. The first-order valence-corrected chi connectivity index (χ1v) is 6.87. The summed E-state index contributed by atoms with van der Waals surface area (Å²) in [6.07, 6.45) is 3.09. The van der Waals surface area contributed by atoms with E-state index in [1.165, 1.54) is 6.42 Å². The Morgan fingerprint density at radius 1 is 1.29 bits per heavy atom. The van der Waals surface area contributed by atoms with Gasteiger partial charge in [-0.2, -0.15) is 0 Å². The maximum atomic E-state index is 11.6. The molecule has 1 heterocycles. The maximum absolute atomic E-state index is 11.6. The number of carbonyl (C=O) groups is 1. The molecule has 4 nitrogen and oxygen atoms in total. The second-order valence-corrected chi connectivity index (χ2v) is 4.62. The quantitative estimate of drug-likeness (QED) is 0.539. The van der Waals surface area contributed by atoms with Gasteiger partial charge in [-0.05, 0) is 45.8 Å². The molecule has 0 bridgehead atoms. The monoisotopic (exact) mass is 242 g/mol. The molecule has 1 N–H and O–H groups in total. The molecule has 0 radical (unpaired) electrons. The first-order chi connectivity index (χ1) is 8.27. The highest BCUT2D eigenvalue weighted by atomic mass is 16.5. The first kappa shape index (κ1) is 14.5. The predicted octanol–water partition coefficient (Wildman–Crippen LogP) is 1.26. The molecular weight excluding hydrogens is 216 g/mol. The number of hydrogen-bond donors (Lipinski definition) is 1. The number of piperidine rings is 1. The zero-order chi connectivity index (χ0) is 12.5. The molecule has 1 aliphatic heterocycles. The molecule has 0 amide bonds. The number of likely N-dealkylation sites (tertiary alicyclic amines) is 1. The van der Waals surface area contributed by atoms with Gasteiger partial charge in [-0.1, -0.05) is 6.92 Å². The van der Waals surface area contributed by atoms with Crippen LogP contribution in [-0.4, -0.2) is 50.2 Å². The van der Waals surface area contributed by atoms with Crippen LogP contribution in [0.4, 0.5) is 0 Å². The zero-order valence-corrected chi connectivity index (χ0v) is 11.2. The molecule has 1 rings (SSSR count). The fourth-order valence-electron chi connectivity index (χ4n) is 2.19. The van der Waals surface area contributed by atoms with Gasteiger partial charge < -0.3 is 15.0 Å². The van der Waals surface area contributed by atoms with Gasteiger partial charge in [0.1, 0.15) is 0 Å². The minimum Gasteiger partial charge on any atom is -0.466 e. The van der Waals surface area contributed by atoms with Crippen LogP contribution in [0.15, 0.2) is 0 Å². The van der Waals surface area contributed by atoms with E-state index in [-0.39, 0.29) is 11.9 Å². The van der Waals surface area contributed by atoms with E-state index in [0.717, 1.165) is 45.6 Å². The fraction of sp³-hybridized carbons (Fsp3) is 0.923. The molecule has 17 heavy (non-hydrogen) atoms. The van der Waals surface area contributed by atoms with Gasteiger partial charge in [0.05, 0.1) is 12.5 Å². The van der Waals surface area contributed by atoms with Crippen LogP contribution < -0.4 is 5.32 Å². The van der Waals surface area contributed by atoms with Crippen LogP contribution in [0, 0.1) is 5.92 Å². The molecule has 100 valence electrons. The molecule has 0 saturated carbocycles. The van der Waals surface area contributed by atoms with Crippen molar-refractivity contribution in [1.82, 2.24) is 10.2 Å². The third-order valence-corrected chi connectivity index (χ3v) is 3.24. The lowest BCUT2D eigenvalue weighted by molar-refractivity contribution is -0.149. The summed E-state index contributed by atoms with van der Waals surface area (Å²) in [7, 11) is 0. The predicted molar refractivity (Wildman–Crippen MR) is 69.0 cm³/mol. The normalized spacial score (nSPS) is 18.2. The fourth-order valence-corrected chi connectivity index (χ4v) is 2.19. The largest absolute Gasteiger partial charge is 0.466 e. The molecule has 0 unspecified atom stereocenters. The summed E-state index contributed by atoms with van der Waals surface area (Å²) < 4.78 is 5.06. The van der Waals surface area contributed by atoms with E-state index in [0.29, 0.717) is 6.61 Å². The molecule has 0 aliphatic carbocycles. The third-order valence-electron chi connectivity index (χ3n) is 3.24. The minimum absolute atomic E-state index is 0.00346. The van der Waals surface area contributed by atoms with E-state index >= 15 is 0 Å². The molecule has 0 spiro atoms. The average molecular weight is 242 g/mol. The summed E-state index contributed by atoms with van der Waals surface area (Å²) in [6.45, 7) is 9.84. The molecule has 1 saturated heterocycles. The van der Waals surface area contributed by atoms with Crippen molar-refractivity contribution in [3.8, 4) is 0 Å². The standard InChI is InChI=1S/C13H26N2O2/c1-3-7-14-8-11-15-9-5-12(6-10-15)13(16)17-4-2/h12,14H,3-11H2,1-2H3. The summed E-state index contributed by atoms with van der Waals surface area (Å²) in [6, 6.07) is 0. The topological polar surface area (TPSA) is 41.6 Å². The van der Waals surface area contributed by atoms with Crippen LogP contribution in [0.25, 0.3) is 0 Å². The van der Waals surface area contributed by atoms with Crippen molar-refractivity contribution in [2.45, 2.75) is 33.1 Å². The van der Waals surface area contributed by atoms with Gasteiger partial charge in [0, 0.05) is 13.1 Å². The number of ether oxygens (including phenoxy) is 1. The highest BCUT2D eigenvalue weighted by Gasteiger charge is 2.25. The molecule has 0 aromatic heterocycles. The lowest BCUT2D eigenvalue weighted by atomic mass is 9.97. The Labute approximate surface area is 105 Å². The highest BCUT2D eigenvalue weighted by molar-refractivity contribution is 5.72. The number of hydrogen-bond acceptors (Lipinski definition) is 4. The van der Waals surface area contributed by atoms with Gasteiger partial charge in [-0.25, -0.2) is 0 Å². The van der Waals surface area contributed by atoms with E-state index in [1.54, 1.807) is 0 Å². The Balaban J connectivity index is 2.11. The van der Waals surface area contributed by atoms with Gasteiger partial charge in [0.2, 0.25) is 0 Å². The van der Waals surface area contributed by atoms with Crippen molar-refractivity contribution in [2.24, 2.45) is 5.92 Å². The Hall–Kier alpha value is -0.610. The number of nitrogens with zero attached hydrogens (tertiary/aromatic N) is 1. The SMILES string of the molecule is CCCNCCN1CCC(C(=O)OCC)CC1. The van der Waals surface area contributed by atoms with Crippen LogP contribution in [0.1, 0.15) is 33.1 Å². The summed E-state index contributed by atoms with van der Waals surface area (Å²) in [5.41, 5.74) is 0. The van der Waals surface area contributed by atoms with E-state index in [9.17, 15) is 4.79 Å². The van der Waals surface area contributed by atoms with Crippen LogP contribution in [0.2, 0.25) is 0 Å². The maximum Gasteiger partial charge on any atom is 0.309 e. The third kappa shape index (κ3) is 5.50. The summed E-state index contributed by atoms with van der Waals surface area (Å²) in [5.74, 6) is 0.131. The molecule has 1 aliphatic rings. The van der Waals surface area contributed by atoms with E-state index in [2.05, 4.69) is 17.1 Å². The Bertz CT molecular complexity index is 213. The zero-order valence-electron chi connectivity index (χ0n) is 11.2. The number of nitrogens with one attached hydrogen (secondary N) is 1. The Morgan fingerprint density at radius 2 is 2.00 bits per heavy atom. The average Bonchev–Trinajstić information content (AvgIpc) is 2.36. The molecule has 0 aromatic rings. The van der Waals surface area contributed by atoms with Gasteiger partial charge in [0.25, 0.3) is 0 Å². The first-order valence-electron chi connectivity index (χ1n) is 6.87. The van der Waals surface area contributed by atoms with Crippen molar-refractivity contribution in [3.63, 3.8) is 0 Å². The molecule has 0 atom stereocenters. The van der Waals surface area contributed by atoms with Crippen LogP contribution in [-0.2, 0) is 9.53 Å². The lowest BCUT2D eigenvalue weighted by Gasteiger charge is -2.30. The molecule has 0 aromatic carbocycles. The number of carbonyl (C=O) groups excluding carboxylic acids is 1. The van der Waals surface area contributed by atoms with E-state index < -0.39 is 0 Å². The number of esters is 1. The molecule has 1 fully saturated rings. The minimum atomic E-state index is -0.00346. The molecule has 4 heteroatoms. The smallest absolute Gasteiger partial charge is 0.309 e. The van der Waals surface area contributed by atoms with Crippen molar-refractivity contribution >= 4 is 5.97 Å². The van der Waals surface area contributed by atoms with Crippen LogP contribution in [0.5, 0.6) is 0 Å². The van der Waals surface area contributed by atoms with Gasteiger partial charge in [0.15, 0.2) is 0 Å². The Kier molecular flexibility index (Phi) is 7.21. The van der Waals surface area contributed by atoms with Crippen LogP contribution in [0.3, 0.4) is 0 Å². The summed E-state index contributed by atoms with van der Waals surface area (Å²) in [4.78, 5) is 14.0. The highest BCUT2D eigenvalue weighted by Crippen LogP contribution is 2.18. The van der Waals surface area contributed by atoms with Gasteiger partial charge >= 0.3 is 5.97 Å². The van der Waals surface area contributed by atoms with Crippen molar-refractivity contribution < 1.29 is 9.53 Å². The molecular formula is C13H26N2O2. The van der Waals surface area contributed by atoms with Crippen molar-refractivity contribution in [1.29, 1.82) is 0 Å². The lowest BCUT2D eigenvalue weighted by Crippen LogP contribution is -2.40. The summed E-state index contributed by atoms with van der Waals surface area (Å²) in [5, 5.41) is 3.40. The van der Waals surface area contributed by atoms with Gasteiger partial charge in [-0.15, -0.1) is 0 Å². The number of rotatable bonds is 7. The van der Waals surface area contributed by atoms with Crippen molar-refractivity contribution in [3.05, 3.63) is 0 Å². The second-order valence-electron chi connectivity index (χ2n) is 4.62. The van der Waals surface area contributed by atoms with Crippen LogP contribution >= 0.6 is 0 Å². The second kappa shape index (κ2) is 8.48. The summed E-state index contributed by atoms with van der Waals surface area (Å²) >= 11 is 0. The van der Waals surface area contributed by atoms with E-state index in [4.69, 9.17) is 4.74 Å². The van der Waals surface area contributed by atoms with Crippen molar-refractivity contribution in [2.75, 3.05) is 39.3 Å². The van der Waals surface area contributed by atoms with E-state index in [1.807, 2.05) is 6.92 Å².